The Labute approximate surface area is 152 Å². The van der Waals surface area contributed by atoms with Crippen molar-refractivity contribution in [2.45, 2.75) is 43.7 Å². The SMILES string of the molecule is COC1=C(C(C)=O)[C@]23CCCN2CCc2cc4c(cc2[C@@H]3[C@@H]1O)OCO4. The number of Topliss-reactive ketones (excluding diaryl/α,β-unsaturated/α-hetero) is 1. The first kappa shape index (κ1) is 16.1. The average Bonchev–Trinajstić information content (AvgIpc) is 3.27. The van der Waals surface area contributed by atoms with Gasteiger partial charge in [0.2, 0.25) is 6.79 Å². The molecule has 26 heavy (non-hydrogen) atoms. The lowest BCUT2D eigenvalue weighted by atomic mass is 9.74. The number of carbonyl (C=O) groups excluding carboxylic acids is 1. The molecule has 3 atom stereocenters. The highest BCUT2D eigenvalue weighted by Crippen LogP contribution is 2.58. The van der Waals surface area contributed by atoms with Gasteiger partial charge in [0.1, 0.15) is 11.9 Å². The second kappa shape index (κ2) is 5.47. The zero-order valence-electron chi connectivity index (χ0n) is 15.1. The number of hydrogen-bond donors (Lipinski definition) is 1. The van der Waals surface area contributed by atoms with Crippen LogP contribution in [0, 0.1) is 0 Å². The van der Waals surface area contributed by atoms with E-state index in [1.165, 1.54) is 0 Å². The fourth-order valence-electron chi connectivity index (χ4n) is 5.66. The van der Waals surface area contributed by atoms with Crippen molar-refractivity contribution < 1.29 is 24.1 Å². The number of nitrogens with zero attached hydrogens (tertiary/aromatic N) is 1. The highest BCUT2D eigenvalue weighted by atomic mass is 16.7. The minimum Gasteiger partial charge on any atom is -0.498 e. The minimum absolute atomic E-state index is 0.0144. The molecular weight excluding hydrogens is 334 g/mol. The smallest absolute Gasteiger partial charge is 0.231 e. The zero-order chi connectivity index (χ0) is 18.1. The van der Waals surface area contributed by atoms with Crippen LogP contribution in [-0.4, -0.2) is 54.4 Å². The molecule has 138 valence electrons. The molecule has 1 aliphatic carbocycles. The molecule has 1 aromatic carbocycles. The molecule has 0 aromatic heterocycles. The van der Waals surface area contributed by atoms with Crippen LogP contribution in [0.2, 0.25) is 0 Å². The molecule has 0 radical (unpaired) electrons. The Morgan fingerprint density at radius 1 is 1.31 bits per heavy atom. The number of benzene rings is 1. The molecular formula is C20H23NO5. The molecule has 1 saturated heterocycles. The number of aliphatic hydroxyl groups excluding tert-OH is 1. The van der Waals surface area contributed by atoms with Gasteiger partial charge in [0.05, 0.1) is 18.2 Å². The third-order valence-electron chi connectivity index (χ3n) is 6.52. The fraction of sp³-hybridized carbons (Fsp3) is 0.550. The maximum Gasteiger partial charge on any atom is 0.231 e. The Morgan fingerprint density at radius 2 is 2.08 bits per heavy atom. The first-order valence-corrected chi connectivity index (χ1v) is 9.23. The highest BCUT2D eigenvalue weighted by molar-refractivity contribution is 5.98. The van der Waals surface area contributed by atoms with Crippen molar-refractivity contribution in [3.05, 3.63) is 34.6 Å². The van der Waals surface area contributed by atoms with E-state index < -0.39 is 11.6 Å². The Balaban J connectivity index is 1.76. The highest BCUT2D eigenvalue weighted by Gasteiger charge is 2.62. The lowest BCUT2D eigenvalue weighted by Crippen LogP contribution is -2.50. The quantitative estimate of drug-likeness (QED) is 0.870. The number of aliphatic hydroxyl groups is 1. The van der Waals surface area contributed by atoms with Gasteiger partial charge in [-0.05, 0) is 56.0 Å². The van der Waals surface area contributed by atoms with Crippen LogP contribution in [-0.2, 0) is 16.0 Å². The predicted molar refractivity (Wildman–Crippen MR) is 93.3 cm³/mol. The van der Waals surface area contributed by atoms with Crippen molar-refractivity contribution in [1.29, 1.82) is 0 Å². The van der Waals surface area contributed by atoms with E-state index in [4.69, 9.17) is 14.2 Å². The molecule has 0 bridgehead atoms. The van der Waals surface area contributed by atoms with Gasteiger partial charge in [-0.1, -0.05) is 0 Å². The van der Waals surface area contributed by atoms with Gasteiger partial charge in [0.25, 0.3) is 0 Å². The van der Waals surface area contributed by atoms with E-state index >= 15 is 0 Å². The molecule has 1 aromatic rings. The van der Waals surface area contributed by atoms with E-state index in [0.717, 1.165) is 49.2 Å². The number of carbonyl (C=O) groups is 1. The average molecular weight is 357 g/mol. The van der Waals surface area contributed by atoms with Crippen LogP contribution in [0.25, 0.3) is 0 Å². The lowest BCUT2D eigenvalue weighted by Gasteiger charge is -2.41. The van der Waals surface area contributed by atoms with E-state index in [9.17, 15) is 9.90 Å². The van der Waals surface area contributed by atoms with E-state index in [1.54, 1.807) is 14.0 Å². The monoisotopic (exact) mass is 357 g/mol. The van der Waals surface area contributed by atoms with Crippen LogP contribution < -0.4 is 9.47 Å². The molecule has 3 aliphatic heterocycles. The van der Waals surface area contributed by atoms with Gasteiger partial charge in [0.15, 0.2) is 17.3 Å². The first-order chi connectivity index (χ1) is 12.6. The van der Waals surface area contributed by atoms with Gasteiger partial charge in [-0.2, -0.15) is 0 Å². The van der Waals surface area contributed by atoms with E-state index in [0.29, 0.717) is 17.1 Å². The summed E-state index contributed by atoms with van der Waals surface area (Å²) in [4.78, 5) is 15.0. The van der Waals surface area contributed by atoms with Crippen LogP contribution in [0.3, 0.4) is 0 Å². The van der Waals surface area contributed by atoms with Crippen molar-refractivity contribution in [3.8, 4) is 11.5 Å². The van der Waals surface area contributed by atoms with Crippen LogP contribution in [0.1, 0.15) is 36.8 Å². The van der Waals surface area contributed by atoms with Gasteiger partial charge >= 0.3 is 0 Å². The number of methoxy groups -OCH3 is 1. The molecule has 6 nitrogen and oxygen atoms in total. The largest absolute Gasteiger partial charge is 0.498 e. The van der Waals surface area contributed by atoms with Crippen molar-refractivity contribution >= 4 is 5.78 Å². The van der Waals surface area contributed by atoms with Gasteiger partial charge in [-0.3, -0.25) is 9.69 Å². The number of fused-ring (bicyclic) bond motifs is 3. The van der Waals surface area contributed by atoms with Crippen molar-refractivity contribution in [1.82, 2.24) is 4.90 Å². The van der Waals surface area contributed by atoms with E-state index in [-0.39, 0.29) is 18.5 Å². The summed E-state index contributed by atoms with van der Waals surface area (Å²) in [5, 5.41) is 11.2. The second-order valence-electron chi connectivity index (χ2n) is 7.59. The number of rotatable bonds is 2. The van der Waals surface area contributed by atoms with Gasteiger partial charge in [-0.15, -0.1) is 0 Å². The maximum absolute atomic E-state index is 12.6. The molecule has 0 saturated carbocycles. The summed E-state index contributed by atoms with van der Waals surface area (Å²) in [6.45, 7) is 3.59. The van der Waals surface area contributed by atoms with Gasteiger partial charge in [0, 0.05) is 12.5 Å². The Hall–Kier alpha value is -2.05. The molecule has 3 heterocycles. The first-order valence-electron chi connectivity index (χ1n) is 9.23. The third kappa shape index (κ3) is 1.86. The van der Waals surface area contributed by atoms with Crippen LogP contribution >= 0.6 is 0 Å². The van der Waals surface area contributed by atoms with E-state index in [2.05, 4.69) is 4.90 Å². The van der Waals surface area contributed by atoms with Crippen molar-refractivity contribution in [3.63, 3.8) is 0 Å². The third-order valence-corrected chi connectivity index (χ3v) is 6.52. The minimum atomic E-state index is -0.836. The molecule has 1 N–H and O–H groups in total. The van der Waals surface area contributed by atoms with E-state index in [1.807, 2.05) is 12.1 Å². The van der Waals surface area contributed by atoms with Gasteiger partial charge < -0.3 is 19.3 Å². The standard InChI is InChI=1S/C20H23NO5/c1-11(22)16-19(24-2)18(23)17-13-9-15-14(25-10-26-15)8-12(13)4-7-21-6-3-5-20(16,17)21/h8-9,17-18,23H,3-7,10H2,1-2H3/t17-,18+,20+/m1/s1. The van der Waals surface area contributed by atoms with Crippen LogP contribution in [0.15, 0.2) is 23.5 Å². The fourth-order valence-corrected chi connectivity index (χ4v) is 5.66. The summed E-state index contributed by atoms with van der Waals surface area (Å²) in [6, 6.07) is 4.05. The number of ketones is 1. The number of ether oxygens (including phenoxy) is 3. The molecule has 6 heteroatoms. The number of hydrogen-bond acceptors (Lipinski definition) is 6. The molecule has 0 unspecified atom stereocenters. The molecule has 1 spiro atoms. The molecule has 1 fully saturated rings. The summed E-state index contributed by atoms with van der Waals surface area (Å²) < 4.78 is 16.7. The van der Waals surface area contributed by atoms with Crippen LogP contribution in [0.5, 0.6) is 11.5 Å². The molecule has 4 aliphatic rings. The topological polar surface area (TPSA) is 68.2 Å². The van der Waals surface area contributed by atoms with Crippen molar-refractivity contribution in [2.24, 2.45) is 0 Å². The second-order valence-corrected chi connectivity index (χ2v) is 7.59. The predicted octanol–water partition coefficient (Wildman–Crippen LogP) is 1.75. The summed E-state index contributed by atoms with van der Waals surface area (Å²) in [6.07, 6.45) is 1.89. The Kier molecular flexibility index (Phi) is 3.40. The maximum atomic E-state index is 12.6. The normalized spacial score (nSPS) is 32.1. The molecule has 0 amide bonds. The Morgan fingerprint density at radius 3 is 2.81 bits per heavy atom. The molecule has 5 rings (SSSR count). The summed E-state index contributed by atoms with van der Waals surface area (Å²) in [7, 11) is 1.54. The van der Waals surface area contributed by atoms with Crippen LogP contribution in [0.4, 0.5) is 0 Å². The lowest BCUT2D eigenvalue weighted by molar-refractivity contribution is -0.115. The van der Waals surface area contributed by atoms with Crippen molar-refractivity contribution in [2.75, 3.05) is 27.0 Å². The summed E-state index contributed by atoms with van der Waals surface area (Å²) >= 11 is 0. The summed E-state index contributed by atoms with van der Waals surface area (Å²) in [5.74, 6) is 1.66. The Bertz CT molecular complexity index is 832. The summed E-state index contributed by atoms with van der Waals surface area (Å²) in [5.41, 5.74) is 2.38. The zero-order valence-corrected chi connectivity index (χ0v) is 15.1. The van der Waals surface area contributed by atoms with Gasteiger partial charge in [-0.25, -0.2) is 0 Å².